The van der Waals surface area contributed by atoms with Crippen molar-refractivity contribution in [3.05, 3.63) is 11.9 Å². The Morgan fingerprint density at radius 3 is 2.50 bits per heavy atom. The number of nitrogens with zero attached hydrogens (tertiary/aromatic N) is 2. The van der Waals surface area contributed by atoms with Crippen LogP contribution in [0.5, 0.6) is 0 Å². The van der Waals surface area contributed by atoms with Gasteiger partial charge in [0.05, 0.1) is 12.7 Å². The lowest BCUT2D eigenvalue weighted by Gasteiger charge is -2.22. The van der Waals surface area contributed by atoms with Gasteiger partial charge < -0.3 is 15.4 Å². The summed E-state index contributed by atoms with van der Waals surface area (Å²) in [6, 6.07) is 0. The monoisotopic (exact) mass is 332 g/mol. The van der Waals surface area contributed by atoms with E-state index in [1.54, 1.807) is 5.01 Å². The highest BCUT2D eigenvalue weighted by atomic mass is 31.1. The number of likely N-dealkylation sites (N-methyl/N-ethyl adjacent to an activating group) is 1. The van der Waals surface area contributed by atoms with Crippen molar-refractivity contribution in [3.63, 3.8) is 0 Å². The molecular weight excluding hydrogens is 295 g/mol. The van der Waals surface area contributed by atoms with E-state index in [2.05, 4.69) is 45.6 Å². The van der Waals surface area contributed by atoms with E-state index in [1.807, 2.05) is 0 Å². The molecule has 0 aliphatic carbocycles. The molecule has 0 saturated carbocycles. The first-order valence-electron chi connectivity index (χ1n) is 8.33. The van der Waals surface area contributed by atoms with Gasteiger partial charge in [0.25, 0.3) is 0 Å². The average molecular weight is 332 g/mol. The summed E-state index contributed by atoms with van der Waals surface area (Å²) in [4.78, 5) is 2.14. The Morgan fingerprint density at radius 2 is 1.95 bits per heavy atom. The van der Waals surface area contributed by atoms with Gasteiger partial charge in [0.1, 0.15) is 5.82 Å². The van der Waals surface area contributed by atoms with Crippen molar-refractivity contribution in [1.82, 2.24) is 9.91 Å². The first-order valence-corrected chi connectivity index (χ1v) is 10.5. The van der Waals surface area contributed by atoms with Crippen LogP contribution in [-0.4, -0.2) is 68.8 Å². The molecule has 6 heteroatoms. The Hall–Kier alpha value is -0.350. The van der Waals surface area contributed by atoms with E-state index in [0.717, 1.165) is 45.1 Å². The van der Waals surface area contributed by atoms with E-state index >= 15 is 0 Å². The van der Waals surface area contributed by atoms with E-state index in [9.17, 15) is 0 Å². The third-order valence-electron chi connectivity index (χ3n) is 3.76. The standard InChI is InChI=1S/C16H37N4OP/c1-6-15(21-13-12-19(3)4)9-8-11-20(18)16(17)10-14-22(5)7-2/h10,15H,6-9,11-14,17-18H2,1-5H3/b16-10-. The highest BCUT2D eigenvalue weighted by Gasteiger charge is 2.08. The number of rotatable bonds is 13. The number of hydrogen-bond donors (Lipinski definition) is 2. The Kier molecular flexibility index (Phi) is 12.9. The van der Waals surface area contributed by atoms with Crippen LogP contribution in [0.25, 0.3) is 0 Å². The summed E-state index contributed by atoms with van der Waals surface area (Å²) >= 11 is 0. The Morgan fingerprint density at radius 1 is 1.27 bits per heavy atom. The fraction of sp³-hybridized carbons (Fsp3) is 0.875. The molecule has 0 saturated heterocycles. The lowest BCUT2D eigenvalue weighted by Crippen LogP contribution is -2.35. The van der Waals surface area contributed by atoms with Gasteiger partial charge in [-0.2, -0.15) is 0 Å². The van der Waals surface area contributed by atoms with Crippen LogP contribution in [0.2, 0.25) is 0 Å². The molecule has 132 valence electrons. The van der Waals surface area contributed by atoms with Crippen LogP contribution in [0.4, 0.5) is 0 Å². The minimum atomic E-state index is 0.0635. The molecule has 4 N–H and O–H groups in total. The Labute approximate surface area is 138 Å². The van der Waals surface area contributed by atoms with Gasteiger partial charge in [-0.25, -0.2) is 5.84 Å². The van der Waals surface area contributed by atoms with Gasteiger partial charge >= 0.3 is 0 Å². The summed E-state index contributed by atoms with van der Waals surface area (Å²) in [7, 11) is 4.19. The smallest absolute Gasteiger partial charge is 0.109 e. The van der Waals surface area contributed by atoms with Crippen LogP contribution in [0.15, 0.2) is 11.9 Å². The van der Waals surface area contributed by atoms with Gasteiger partial charge in [-0.1, -0.05) is 13.8 Å². The number of ether oxygens (including phenoxy) is 1. The molecule has 0 fully saturated rings. The molecule has 2 unspecified atom stereocenters. The predicted octanol–water partition coefficient (Wildman–Crippen LogP) is 2.23. The number of allylic oxidation sites excluding steroid dienone is 1. The molecule has 0 aromatic rings. The van der Waals surface area contributed by atoms with Gasteiger partial charge in [0, 0.05) is 13.1 Å². The van der Waals surface area contributed by atoms with Crippen molar-refractivity contribution >= 4 is 7.92 Å². The quantitative estimate of drug-likeness (QED) is 0.307. The Bertz CT molecular complexity index is 300. The first kappa shape index (κ1) is 21.6. The van der Waals surface area contributed by atoms with E-state index in [0.29, 0.717) is 11.9 Å². The van der Waals surface area contributed by atoms with E-state index in [4.69, 9.17) is 16.3 Å². The van der Waals surface area contributed by atoms with Gasteiger partial charge in [-0.05, 0) is 58.4 Å². The van der Waals surface area contributed by atoms with Crippen molar-refractivity contribution in [3.8, 4) is 0 Å². The summed E-state index contributed by atoms with van der Waals surface area (Å²) in [5, 5.41) is 1.67. The van der Waals surface area contributed by atoms with Crippen LogP contribution in [0.3, 0.4) is 0 Å². The molecule has 0 rings (SSSR count). The topological polar surface area (TPSA) is 67.8 Å². The first-order chi connectivity index (χ1) is 10.4. The van der Waals surface area contributed by atoms with Gasteiger partial charge in [-0.15, -0.1) is 7.92 Å². The third kappa shape index (κ3) is 11.2. The van der Waals surface area contributed by atoms with Gasteiger partial charge in [0.2, 0.25) is 0 Å². The molecule has 0 aliphatic heterocycles. The highest BCUT2D eigenvalue weighted by Crippen LogP contribution is 2.29. The molecule has 0 aliphatic rings. The number of hydrazine groups is 1. The fourth-order valence-corrected chi connectivity index (χ4v) is 2.68. The fourth-order valence-electron chi connectivity index (χ4n) is 1.92. The minimum Gasteiger partial charge on any atom is -0.385 e. The van der Waals surface area contributed by atoms with E-state index in [-0.39, 0.29) is 7.92 Å². The van der Waals surface area contributed by atoms with Crippen molar-refractivity contribution < 1.29 is 4.74 Å². The molecule has 0 radical (unpaired) electrons. The molecule has 2 atom stereocenters. The normalized spacial score (nSPS) is 15.1. The van der Waals surface area contributed by atoms with Crippen molar-refractivity contribution in [2.24, 2.45) is 11.6 Å². The van der Waals surface area contributed by atoms with Crippen LogP contribution in [0.1, 0.15) is 33.1 Å². The zero-order valence-corrected chi connectivity index (χ0v) is 16.1. The lowest BCUT2D eigenvalue weighted by molar-refractivity contribution is 0.0341. The molecule has 0 aromatic carbocycles. The third-order valence-corrected chi connectivity index (χ3v) is 5.64. The number of hydrogen-bond acceptors (Lipinski definition) is 5. The Balaban J connectivity index is 3.94. The molecule has 0 aromatic heterocycles. The largest absolute Gasteiger partial charge is 0.385 e. The molecular formula is C16H37N4OP. The van der Waals surface area contributed by atoms with Crippen LogP contribution in [0, 0.1) is 0 Å². The van der Waals surface area contributed by atoms with E-state index < -0.39 is 0 Å². The second-order valence-electron chi connectivity index (χ2n) is 6.02. The second-order valence-corrected chi connectivity index (χ2v) is 8.73. The summed E-state index contributed by atoms with van der Waals surface area (Å²) in [6.45, 7) is 9.21. The highest BCUT2D eigenvalue weighted by molar-refractivity contribution is 7.56. The van der Waals surface area contributed by atoms with Gasteiger partial charge in [-0.3, -0.25) is 5.01 Å². The SMILES string of the molecule is CCC(CCCN(N)/C(N)=C\CP(C)CC)OCCN(C)C. The van der Waals surface area contributed by atoms with E-state index in [1.165, 1.54) is 6.16 Å². The summed E-state index contributed by atoms with van der Waals surface area (Å²) < 4.78 is 5.89. The maximum absolute atomic E-state index is 6.02. The molecule has 22 heavy (non-hydrogen) atoms. The predicted molar refractivity (Wildman–Crippen MR) is 99.2 cm³/mol. The lowest BCUT2D eigenvalue weighted by atomic mass is 10.1. The van der Waals surface area contributed by atoms with Gasteiger partial charge in [0.15, 0.2) is 0 Å². The summed E-state index contributed by atoms with van der Waals surface area (Å²) in [6.07, 6.45) is 7.74. The maximum atomic E-state index is 6.02. The number of nitrogens with two attached hydrogens (primary N) is 2. The minimum absolute atomic E-state index is 0.0635. The molecule has 0 heterocycles. The molecule has 0 spiro atoms. The average Bonchev–Trinajstić information content (AvgIpc) is 2.49. The zero-order chi connectivity index (χ0) is 17.0. The van der Waals surface area contributed by atoms with Crippen LogP contribution >= 0.6 is 7.92 Å². The molecule has 0 amide bonds. The summed E-state index contributed by atoms with van der Waals surface area (Å²) in [5.74, 6) is 6.71. The van der Waals surface area contributed by atoms with Crippen molar-refractivity contribution in [2.75, 3.05) is 52.8 Å². The second kappa shape index (κ2) is 13.1. The van der Waals surface area contributed by atoms with Crippen molar-refractivity contribution in [1.29, 1.82) is 0 Å². The van der Waals surface area contributed by atoms with Crippen LogP contribution in [-0.2, 0) is 4.74 Å². The van der Waals surface area contributed by atoms with Crippen LogP contribution < -0.4 is 11.6 Å². The maximum Gasteiger partial charge on any atom is 0.109 e. The molecule has 0 bridgehead atoms. The molecule has 5 nitrogen and oxygen atoms in total. The van der Waals surface area contributed by atoms with Crippen molar-refractivity contribution in [2.45, 2.75) is 39.2 Å². The summed E-state index contributed by atoms with van der Waals surface area (Å²) in [5.41, 5.74) is 6.02. The zero-order valence-electron chi connectivity index (χ0n) is 15.2.